The van der Waals surface area contributed by atoms with E-state index in [1.54, 1.807) is 11.3 Å². The first-order valence-corrected chi connectivity index (χ1v) is 21.9. The molecule has 0 saturated carbocycles. The normalized spacial score (nSPS) is 12.0. The lowest BCUT2D eigenvalue weighted by Gasteiger charge is -2.17. The van der Waals surface area contributed by atoms with Crippen LogP contribution in [0.5, 0.6) is 0 Å². The summed E-state index contributed by atoms with van der Waals surface area (Å²) < 4.78 is 1.36. The van der Waals surface area contributed by atoms with Gasteiger partial charge in [0.1, 0.15) is 0 Å². The van der Waals surface area contributed by atoms with Crippen molar-refractivity contribution < 1.29 is 4.79 Å². The third-order valence-corrected chi connectivity index (χ3v) is 12.2. The van der Waals surface area contributed by atoms with Gasteiger partial charge in [-0.1, -0.05) is 197 Å². The second-order valence-corrected chi connectivity index (χ2v) is 16.8. The molecule has 2 atom stereocenters. The second-order valence-electron chi connectivity index (χ2n) is 13.6. The molecule has 0 bridgehead atoms. The number of carbonyl (C=O) groups excluding carboxylic acids is 1. The van der Waals surface area contributed by atoms with Crippen molar-refractivity contribution in [1.82, 2.24) is 0 Å². The first-order chi connectivity index (χ1) is 22.1. The third-order valence-electron chi connectivity index (χ3n) is 9.46. The van der Waals surface area contributed by atoms with Gasteiger partial charge < -0.3 is 0 Å². The number of hydrogen-bond donors (Lipinski definition) is 0. The van der Waals surface area contributed by atoms with Gasteiger partial charge in [-0.3, -0.25) is 4.79 Å². The van der Waals surface area contributed by atoms with Crippen LogP contribution in [0.3, 0.4) is 0 Å². The zero-order valence-corrected chi connectivity index (χ0v) is 33.2. The Morgan fingerprint density at radius 3 is 1.26 bits per heavy atom. The molecule has 2 aromatic heterocycles. The molecule has 2 rings (SSSR count). The molecule has 0 radical (unpaired) electrons. The van der Waals surface area contributed by atoms with E-state index < -0.39 is 0 Å². The Morgan fingerprint density at radius 1 is 0.532 bits per heavy atom. The van der Waals surface area contributed by atoms with E-state index in [0.717, 1.165) is 29.4 Å². The van der Waals surface area contributed by atoms with Crippen molar-refractivity contribution in [2.45, 2.75) is 209 Å². The van der Waals surface area contributed by atoms with Crippen molar-refractivity contribution in [3.8, 4) is 0 Å². The van der Waals surface area contributed by atoms with E-state index in [1.165, 1.54) is 175 Å². The highest BCUT2D eigenvalue weighted by atomic mass is 79.9. The molecule has 0 aliphatic heterocycles. The molecular formula is C43H79BrOS2. The first-order valence-electron chi connectivity index (χ1n) is 19.3. The van der Waals surface area contributed by atoms with Crippen LogP contribution in [0.1, 0.15) is 217 Å². The van der Waals surface area contributed by atoms with Crippen LogP contribution in [0, 0.1) is 11.8 Å². The van der Waals surface area contributed by atoms with E-state index in [0.29, 0.717) is 0 Å². The fraction of sp³-hybridized carbons (Fsp3) is 0.791. The van der Waals surface area contributed by atoms with Crippen LogP contribution in [0.2, 0.25) is 0 Å². The molecular weight excluding hydrogens is 677 g/mol. The Balaban J connectivity index is 0. The Kier molecular flexibility index (Phi) is 36.6. The predicted molar refractivity (Wildman–Crippen MR) is 223 cm³/mol. The first kappa shape index (κ1) is 48.7. The Labute approximate surface area is 312 Å². The largest absolute Gasteiger partial charge is 0.297 e. The van der Waals surface area contributed by atoms with Crippen LogP contribution < -0.4 is 0 Å². The lowest BCUT2D eigenvalue weighted by Crippen LogP contribution is -2.06. The zero-order valence-electron chi connectivity index (χ0n) is 30.0. The van der Waals surface area contributed by atoms with E-state index >= 15 is 0 Å². The minimum atomic E-state index is 0. The second kappa shape index (κ2) is 35.4. The summed E-state index contributed by atoms with van der Waals surface area (Å²) in [5, 5.41) is 4.29. The lowest BCUT2D eigenvalue weighted by molar-refractivity contribution is 0.112. The number of hydrogen-bond acceptors (Lipinski definition) is 3. The Bertz CT molecular complexity index is 903. The van der Waals surface area contributed by atoms with Crippen molar-refractivity contribution in [2.75, 3.05) is 0 Å². The molecule has 0 N–H and O–H groups in total. The van der Waals surface area contributed by atoms with Crippen LogP contribution in [-0.4, -0.2) is 6.29 Å². The molecule has 2 heterocycles. The van der Waals surface area contributed by atoms with E-state index in [1.807, 2.05) is 11.3 Å². The van der Waals surface area contributed by atoms with Crippen molar-refractivity contribution in [1.29, 1.82) is 0 Å². The summed E-state index contributed by atoms with van der Waals surface area (Å²) in [6, 6.07) is 4.48. The van der Waals surface area contributed by atoms with Crippen LogP contribution in [-0.2, 0) is 12.8 Å². The van der Waals surface area contributed by atoms with Gasteiger partial charge in [0.05, 0.1) is 8.66 Å². The fourth-order valence-corrected chi connectivity index (χ4v) is 8.56. The SMILES string of the molecule is C.C.CCCCCCCCC(CCCCCC)Cc1ccsc1Br.CCCCCCCCC(CCCCCC)Cc1ccsc1C=O. The van der Waals surface area contributed by atoms with Crippen molar-refractivity contribution in [3.63, 3.8) is 0 Å². The lowest BCUT2D eigenvalue weighted by atomic mass is 9.89. The average Bonchev–Trinajstić information content (AvgIpc) is 3.68. The highest BCUT2D eigenvalue weighted by Crippen LogP contribution is 2.30. The molecule has 0 fully saturated rings. The molecule has 0 amide bonds. The van der Waals surface area contributed by atoms with Gasteiger partial charge in [-0.05, 0) is 74.6 Å². The van der Waals surface area contributed by atoms with Crippen molar-refractivity contribution >= 4 is 44.9 Å². The van der Waals surface area contributed by atoms with Gasteiger partial charge >= 0.3 is 0 Å². The molecule has 0 aliphatic rings. The maximum atomic E-state index is 11.1. The highest BCUT2D eigenvalue weighted by Gasteiger charge is 2.14. The summed E-state index contributed by atoms with van der Waals surface area (Å²) in [5.41, 5.74) is 2.83. The maximum absolute atomic E-state index is 11.1. The fourth-order valence-electron chi connectivity index (χ4n) is 6.55. The number of halogens is 1. The third kappa shape index (κ3) is 26.1. The summed E-state index contributed by atoms with van der Waals surface area (Å²) in [5.74, 6) is 1.67. The Morgan fingerprint density at radius 2 is 0.872 bits per heavy atom. The minimum absolute atomic E-state index is 0. The number of aldehydes is 1. The molecule has 4 heteroatoms. The van der Waals surface area contributed by atoms with E-state index in [4.69, 9.17) is 0 Å². The monoisotopic (exact) mass is 754 g/mol. The number of carbonyl (C=O) groups is 1. The van der Waals surface area contributed by atoms with Crippen molar-refractivity contribution in [2.24, 2.45) is 11.8 Å². The molecule has 0 aliphatic carbocycles. The van der Waals surface area contributed by atoms with Gasteiger partial charge in [0.2, 0.25) is 0 Å². The van der Waals surface area contributed by atoms with Gasteiger partial charge in [-0.2, -0.15) is 0 Å². The van der Waals surface area contributed by atoms with Gasteiger partial charge in [0, 0.05) is 0 Å². The summed E-state index contributed by atoms with van der Waals surface area (Å²) in [6.07, 6.45) is 36.8. The number of unbranched alkanes of at least 4 members (excludes halogenated alkanes) is 16. The topological polar surface area (TPSA) is 17.1 Å². The van der Waals surface area contributed by atoms with Gasteiger partial charge in [-0.25, -0.2) is 0 Å². The summed E-state index contributed by atoms with van der Waals surface area (Å²) >= 11 is 7.14. The van der Waals surface area contributed by atoms with E-state index in [-0.39, 0.29) is 14.9 Å². The Hall–Kier alpha value is -0.450. The predicted octanol–water partition coefficient (Wildman–Crippen LogP) is 17.1. The molecule has 1 nitrogen and oxygen atoms in total. The molecule has 2 aromatic rings. The van der Waals surface area contributed by atoms with Crippen molar-refractivity contribution in [3.05, 3.63) is 42.7 Å². The summed E-state index contributed by atoms with van der Waals surface area (Å²) in [4.78, 5) is 12.1. The number of thiophene rings is 2. The van der Waals surface area contributed by atoms with Crippen LogP contribution in [0.15, 0.2) is 26.7 Å². The molecule has 276 valence electrons. The van der Waals surface area contributed by atoms with Crippen LogP contribution >= 0.6 is 38.6 Å². The smallest absolute Gasteiger partial charge is 0.160 e. The van der Waals surface area contributed by atoms with E-state index in [2.05, 4.69) is 66.5 Å². The van der Waals surface area contributed by atoms with Crippen LogP contribution in [0.4, 0.5) is 0 Å². The van der Waals surface area contributed by atoms with E-state index in [9.17, 15) is 4.79 Å². The molecule has 0 aromatic carbocycles. The maximum Gasteiger partial charge on any atom is 0.160 e. The number of rotatable bonds is 29. The standard InChI is InChI=1S/C21H36OS.C20H35BrS.2CH4/c1-3-5-7-9-10-12-14-19(13-11-8-6-4-2)17-20-15-16-23-21(20)18-22;1-3-5-7-9-10-12-14-18(13-11-8-6-4-2)17-19-15-16-22-20(19)21;;/h15-16,18-19H,3-14,17H2,1-2H3;15-16,18H,3-14,17H2,1-2H3;2*1H4. The van der Waals surface area contributed by atoms with Gasteiger partial charge in [-0.15, -0.1) is 22.7 Å². The average molecular weight is 756 g/mol. The summed E-state index contributed by atoms with van der Waals surface area (Å²) in [7, 11) is 0. The van der Waals surface area contributed by atoms with Crippen LogP contribution in [0.25, 0.3) is 0 Å². The van der Waals surface area contributed by atoms with Gasteiger partial charge in [0.25, 0.3) is 0 Å². The molecule has 0 saturated heterocycles. The summed E-state index contributed by atoms with van der Waals surface area (Å²) in [6.45, 7) is 9.15. The molecule has 47 heavy (non-hydrogen) atoms. The highest BCUT2D eigenvalue weighted by molar-refractivity contribution is 9.11. The quantitative estimate of drug-likeness (QED) is 0.0597. The molecule has 0 spiro atoms. The van der Waals surface area contributed by atoms with Gasteiger partial charge in [0.15, 0.2) is 6.29 Å². The zero-order chi connectivity index (χ0) is 32.8. The molecule has 2 unspecified atom stereocenters. The minimum Gasteiger partial charge on any atom is -0.297 e.